The Balaban J connectivity index is 1.49. The fraction of sp³-hybridized carbons (Fsp3) is 0.318. The van der Waals surface area contributed by atoms with E-state index >= 15 is 0 Å². The van der Waals surface area contributed by atoms with E-state index in [9.17, 15) is 4.79 Å². The Kier molecular flexibility index (Phi) is 5.30. The number of rotatable bonds is 7. The number of thiazole rings is 1. The van der Waals surface area contributed by atoms with Crippen LogP contribution in [0.5, 0.6) is 0 Å². The Hall–Kier alpha value is -2.53. The van der Waals surface area contributed by atoms with Crippen LogP contribution in [-0.2, 0) is 17.8 Å². The van der Waals surface area contributed by atoms with E-state index in [1.807, 2.05) is 46.7 Å². The number of benzene rings is 1. The fourth-order valence-corrected chi connectivity index (χ4v) is 4.12. The van der Waals surface area contributed by atoms with Crippen LogP contribution in [0.1, 0.15) is 31.0 Å². The highest BCUT2D eigenvalue weighted by Crippen LogP contribution is 2.36. The van der Waals surface area contributed by atoms with Crippen LogP contribution < -0.4 is 0 Å². The molecule has 1 aliphatic rings. The van der Waals surface area contributed by atoms with Gasteiger partial charge in [-0.2, -0.15) is 0 Å². The fourth-order valence-electron chi connectivity index (χ4n) is 3.32. The maximum atomic E-state index is 13.1. The molecule has 4 rings (SSSR count). The summed E-state index contributed by atoms with van der Waals surface area (Å²) in [5.41, 5.74) is 2.85. The second-order valence-corrected chi connectivity index (χ2v) is 7.98. The molecule has 1 atom stereocenters. The van der Waals surface area contributed by atoms with Gasteiger partial charge in [0.15, 0.2) is 0 Å². The van der Waals surface area contributed by atoms with Crippen LogP contribution >= 0.6 is 11.3 Å². The van der Waals surface area contributed by atoms with Gasteiger partial charge in [-0.1, -0.05) is 36.4 Å². The number of hydrogen-bond acceptors (Lipinski definition) is 4. The van der Waals surface area contributed by atoms with E-state index in [0.717, 1.165) is 16.4 Å². The average molecular weight is 378 g/mol. The summed E-state index contributed by atoms with van der Waals surface area (Å²) in [6, 6.07) is 16.3. The molecular weight excluding hydrogens is 354 g/mol. The van der Waals surface area contributed by atoms with Gasteiger partial charge in [0, 0.05) is 24.2 Å². The van der Waals surface area contributed by atoms with E-state index in [2.05, 4.69) is 29.0 Å². The van der Waals surface area contributed by atoms with E-state index in [0.29, 0.717) is 18.9 Å². The first-order chi connectivity index (χ1) is 13.2. The van der Waals surface area contributed by atoms with Crippen LogP contribution in [0.2, 0.25) is 0 Å². The standard InChI is InChI=1S/C22H23N3OS/c1-16(18-10-11-18)25(14-17-7-3-2-4-8-17)21(26)13-19-15-27-22(24-19)20-9-5-6-12-23-20/h2-9,12,15-16,18H,10-11,13-14H2,1H3. The molecule has 1 amide bonds. The smallest absolute Gasteiger partial charge is 0.229 e. The minimum absolute atomic E-state index is 0.149. The van der Waals surface area contributed by atoms with Crippen molar-refractivity contribution in [1.29, 1.82) is 0 Å². The number of amides is 1. The summed E-state index contributed by atoms with van der Waals surface area (Å²) in [7, 11) is 0. The van der Waals surface area contributed by atoms with Crippen LogP contribution in [0.3, 0.4) is 0 Å². The lowest BCUT2D eigenvalue weighted by atomic mass is 10.1. The van der Waals surface area contributed by atoms with Crippen molar-refractivity contribution in [3.8, 4) is 10.7 Å². The minimum atomic E-state index is 0.149. The summed E-state index contributed by atoms with van der Waals surface area (Å²) in [5, 5.41) is 2.84. The third kappa shape index (κ3) is 4.42. The van der Waals surface area contributed by atoms with Crippen LogP contribution in [0, 0.1) is 5.92 Å². The Bertz CT molecular complexity index is 890. The van der Waals surface area contributed by atoms with E-state index in [-0.39, 0.29) is 11.9 Å². The lowest BCUT2D eigenvalue weighted by Crippen LogP contribution is -2.40. The molecule has 0 saturated heterocycles. The molecular formula is C22H23N3OS. The van der Waals surface area contributed by atoms with E-state index < -0.39 is 0 Å². The average Bonchev–Trinajstić information content (AvgIpc) is 3.46. The molecule has 0 radical (unpaired) electrons. The lowest BCUT2D eigenvalue weighted by molar-refractivity contribution is -0.133. The molecule has 3 aromatic rings. The molecule has 2 heterocycles. The van der Waals surface area contributed by atoms with Gasteiger partial charge in [0.1, 0.15) is 5.01 Å². The SMILES string of the molecule is CC(C1CC1)N(Cc1ccccc1)C(=O)Cc1csc(-c2ccccn2)n1. The Labute approximate surface area is 163 Å². The maximum Gasteiger partial charge on any atom is 0.229 e. The normalized spacial score (nSPS) is 14.7. The molecule has 0 N–H and O–H groups in total. The van der Waals surface area contributed by atoms with Crippen molar-refractivity contribution in [2.75, 3.05) is 0 Å². The van der Waals surface area contributed by atoms with Crippen molar-refractivity contribution in [3.63, 3.8) is 0 Å². The first kappa shape index (κ1) is 17.9. The highest BCUT2D eigenvalue weighted by molar-refractivity contribution is 7.13. The molecule has 0 aliphatic heterocycles. The van der Waals surface area contributed by atoms with Crippen molar-refractivity contribution < 1.29 is 4.79 Å². The van der Waals surface area contributed by atoms with Gasteiger partial charge < -0.3 is 4.90 Å². The lowest BCUT2D eigenvalue weighted by Gasteiger charge is -2.29. The summed E-state index contributed by atoms with van der Waals surface area (Å²) in [5.74, 6) is 0.785. The minimum Gasteiger partial charge on any atom is -0.335 e. The zero-order valence-corrected chi connectivity index (χ0v) is 16.2. The topological polar surface area (TPSA) is 46.1 Å². The Morgan fingerprint density at radius 3 is 2.67 bits per heavy atom. The third-order valence-electron chi connectivity index (χ3n) is 5.08. The summed E-state index contributed by atoms with van der Waals surface area (Å²) >= 11 is 1.54. The van der Waals surface area contributed by atoms with Crippen LogP contribution in [-0.4, -0.2) is 26.8 Å². The number of pyridine rings is 1. The molecule has 5 heteroatoms. The maximum absolute atomic E-state index is 13.1. The highest BCUT2D eigenvalue weighted by atomic mass is 32.1. The molecule has 1 fully saturated rings. The predicted molar refractivity (Wildman–Crippen MR) is 108 cm³/mol. The van der Waals surface area contributed by atoms with Crippen molar-refractivity contribution in [1.82, 2.24) is 14.9 Å². The van der Waals surface area contributed by atoms with E-state index in [1.165, 1.54) is 18.4 Å². The number of aromatic nitrogens is 2. The van der Waals surface area contributed by atoms with Gasteiger partial charge >= 0.3 is 0 Å². The molecule has 4 nitrogen and oxygen atoms in total. The third-order valence-corrected chi connectivity index (χ3v) is 5.99. The monoisotopic (exact) mass is 377 g/mol. The molecule has 1 unspecified atom stereocenters. The van der Waals surface area contributed by atoms with Crippen molar-refractivity contribution in [2.45, 2.75) is 38.8 Å². The quantitative estimate of drug-likeness (QED) is 0.606. The van der Waals surface area contributed by atoms with Gasteiger partial charge in [-0.15, -0.1) is 11.3 Å². The number of nitrogens with zero attached hydrogens (tertiary/aromatic N) is 3. The summed E-state index contributed by atoms with van der Waals surface area (Å²) in [4.78, 5) is 24.1. The largest absolute Gasteiger partial charge is 0.335 e. The summed E-state index contributed by atoms with van der Waals surface area (Å²) < 4.78 is 0. The van der Waals surface area contributed by atoms with Crippen LogP contribution in [0.25, 0.3) is 10.7 Å². The van der Waals surface area contributed by atoms with Gasteiger partial charge in [0.05, 0.1) is 17.8 Å². The van der Waals surface area contributed by atoms with Crippen molar-refractivity contribution >= 4 is 17.2 Å². The zero-order valence-electron chi connectivity index (χ0n) is 15.4. The number of carbonyl (C=O) groups excluding carboxylic acids is 1. The number of hydrogen-bond donors (Lipinski definition) is 0. The van der Waals surface area contributed by atoms with Crippen molar-refractivity contribution in [2.24, 2.45) is 5.92 Å². The van der Waals surface area contributed by atoms with Crippen LogP contribution in [0.15, 0.2) is 60.1 Å². The van der Waals surface area contributed by atoms with E-state index in [4.69, 9.17) is 0 Å². The second-order valence-electron chi connectivity index (χ2n) is 7.12. The first-order valence-corrected chi connectivity index (χ1v) is 10.3. The van der Waals surface area contributed by atoms with Crippen molar-refractivity contribution in [3.05, 3.63) is 71.4 Å². The van der Waals surface area contributed by atoms with Gasteiger partial charge in [-0.05, 0) is 43.4 Å². The highest BCUT2D eigenvalue weighted by Gasteiger charge is 2.34. The molecule has 1 aliphatic carbocycles. The molecule has 2 aromatic heterocycles. The van der Waals surface area contributed by atoms with E-state index in [1.54, 1.807) is 17.5 Å². The Morgan fingerprint density at radius 2 is 1.96 bits per heavy atom. The van der Waals surface area contributed by atoms with Gasteiger partial charge in [0.2, 0.25) is 5.91 Å². The Morgan fingerprint density at radius 1 is 1.19 bits per heavy atom. The predicted octanol–water partition coefficient (Wildman–Crippen LogP) is 4.57. The van der Waals surface area contributed by atoms with Gasteiger partial charge in [-0.25, -0.2) is 4.98 Å². The molecule has 27 heavy (non-hydrogen) atoms. The van der Waals surface area contributed by atoms with Gasteiger partial charge in [0.25, 0.3) is 0 Å². The molecule has 1 saturated carbocycles. The number of carbonyl (C=O) groups is 1. The molecule has 0 bridgehead atoms. The molecule has 0 spiro atoms. The molecule has 138 valence electrons. The van der Waals surface area contributed by atoms with Crippen LogP contribution in [0.4, 0.5) is 0 Å². The second kappa shape index (κ2) is 8.01. The zero-order chi connectivity index (χ0) is 18.6. The molecule has 1 aromatic carbocycles. The van der Waals surface area contributed by atoms with Gasteiger partial charge in [-0.3, -0.25) is 9.78 Å². The summed E-state index contributed by atoms with van der Waals surface area (Å²) in [6.45, 7) is 2.84. The first-order valence-electron chi connectivity index (χ1n) is 9.40. The summed E-state index contributed by atoms with van der Waals surface area (Å²) in [6.07, 6.45) is 4.55.